The molecule has 19 heavy (non-hydrogen) atoms. The molecule has 0 aliphatic carbocycles. The molecule has 0 bridgehead atoms. The fourth-order valence-corrected chi connectivity index (χ4v) is 2.01. The zero-order valence-corrected chi connectivity index (χ0v) is 10.8. The van der Waals surface area contributed by atoms with Crippen LogP contribution in [0.3, 0.4) is 0 Å². The van der Waals surface area contributed by atoms with Crippen molar-refractivity contribution >= 4 is 11.5 Å². The van der Waals surface area contributed by atoms with Gasteiger partial charge in [-0.05, 0) is 11.1 Å². The highest BCUT2D eigenvalue weighted by atomic mass is 16.4. The van der Waals surface area contributed by atoms with Gasteiger partial charge in [-0.3, -0.25) is 0 Å². The summed E-state index contributed by atoms with van der Waals surface area (Å²) in [5, 5.41) is 9.35. The third-order valence-corrected chi connectivity index (χ3v) is 3.06. The summed E-state index contributed by atoms with van der Waals surface area (Å²) >= 11 is 0. The van der Waals surface area contributed by atoms with Gasteiger partial charge in [0.1, 0.15) is 0 Å². The minimum absolute atomic E-state index is 0.0625. The molecule has 1 atom stereocenters. The molecule has 0 aliphatic rings. The molecule has 2 aromatic rings. The molecule has 1 unspecified atom stereocenters. The lowest BCUT2D eigenvalue weighted by atomic mass is 9.95. The molecule has 0 saturated heterocycles. The fraction of sp³-hybridized carbons (Fsp3) is 0.118. The average Bonchev–Trinajstić information content (AvgIpc) is 2.46. The Kier molecular flexibility index (Phi) is 4.14. The molecule has 0 fully saturated rings. The molecule has 0 heterocycles. The largest absolute Gasteiger partial charge is 0.478 e. The van der Waals surface area contributed by atoms with Crippen molar-refractivity contribution < 1.29 is 9.90 Å². The van der Waals surface area contributed by atoms with Gasteiger partial charge in [0.05, 0.1) is 5.57 Å². The van der Waals surface area contributed by atoms with Crippen LogP contribution in [0.25, 0.3) is 5.57 Å². The van der Waals surface area contributed by atoms with Crippen molar-refractivity contribution in [2.45, 2.75) is 12.8 Å². The van der Waals surface area contributed by atoms with E-state index in [2.05, 4.69) is 0 Å². The van der Waals surface area contributed by atoms with E-state index >= 15 is 0 Å². The van der Waals surface area contributed by atoms with E-state index in [1.807, 2.05) is 67.6 Å². The van der Waals surface area contributed by atoms with Crippen molar-refractivity contribution in [1.82, 2.24) is 0 Å². The molecular formula is C17H16O2. The fourth-order valence-electron chi connectivity index (χ4n) is 2.01. The highest BCUT2D eigenvalue weighted by Crippen LogP contribution is 2.23. The predicted molar refractivity (Wildman–Crippen MR) is 76.9 cm³/mol. The van der Waals surface area contributed by atoms with Crippen LogP contribution >= 0.6 is 0 Å². The molecule has 96 valence electrons. The molecule has 0 saturated carbocycles. The number of carbonyl (C=O) groups is 1. The van der Waals surface area contributed by atoms with Crippen LogP contribution in [0, 0.1) is 0 Å². The van der Waals surface area contributed by atoms with Crippen LogP contribution < -0.4 is 0 Å². The van der Waals surface area contributed by atoms with Gasteiger partial charge in [-0.25, -0.2) is 4.79 Å². The summed E-state index contributed by atoms with van der Waals surface area (Å²) in [7, 11) is 0. The highest BCUT2D eigenvalue weighted by molar-refractivity contribution is 6.15. The normalized spacial score (nSPS) is 13.0. The molecule has 0 spiro atoms. The van der Waals surface area contributed by atoms with E-state index in [0.717, 1.165) is 11.1 Å². The lowest BCUT2D eigenvalue weighted by Gasteiger charge is -2.09. The lowest BCUT2D eigenvalue weighted by molar-refractivity contribution is -0.130. The quantitative estimate of drug-likeness (QED) is 0.836. The Morgan fingerprint density at radius 1 is 1.00 bits per heavy atom. The standard InChI is InChI=1S/C17H16O2/c1-13(14-8-4-2-5-9-14)12-16(17(18)19)15-10-6-3-7-11-15/h2-13H,1H3,(H,18,19)/b16-12+. The van der Waals surface area contributed by atoms with Gasteiger partial charge in [-0.1, -0.05) is 73.7 Å². The van der Waals surface area contributed by atoms with Crippen LogP contribution in [-0.2, 0) is 4.79 Å². The van der Waals surface area contributed by atoms with Crippen molar-refractivity contribution in [2.75, 3.05) is 0 Å². The summed E-state index contributed by atoms with van der Waals surface area (Å²) in [5.74, 6) is -0.832. The zero-order valence-electron chi connectivity index (χ0n) is 10.8. The van der Waals surface area contributed by atoms with Gasteiger partial charge in [-0.15, -0.1) is 0 Å². The number of benzene rings is 2. The third kappa shape index (κ3) is 3.32. The van der Waals surface area contributed by atoms with Crippen LogP contribution in [0.15, 0.2) is 66.7 Å². The molecule has 0 amide bonds. The number of hydrogen-bond acceptors (Lipinski definition) is 1. The number of carboxylic acid groups (broad SMARTS) is 1. The number of hydrogen-bond donors (Lipinski definition) is 1. The van der Waals surface area contributed by atoms with Crippen LogP contribution in [0.5, 0.6) is 0 Å². The van der Waals surface area contributed by atoms with E-state index in [9.17, 15) is 9.90 Å². The summed E-state index contributed by atoms with van der Waals surface area (Å²) < 4.78 is 0. The predicted octanol–water partition coefficient (Wildman–Crippen LogP) is 3.96. The molecule has 0 aliphatic heterocycles. The molecule has 2 nitrogen and oxygen atoms in total. The van der Waals surface area contributed by atoms with E-state index in [-0.39, 0.29) is 5.92 Å². The van der Waals surface area contributed by atoms with E-state index in [1.165, 1.54) is 0 Å². The van der Waals surface area contributed by atoms with Crippen molar-refractivity contribution in [2.24, 2.45) is 0 Å². The minimum atomic E-state index is -0.894. The molecule has 1 N–H and O–H groups in total. The first kappa shape index (κ1) is 13.1. The van der Waals surface area contributed by atoms with E-state index in [1.54, 1.807) is 6.08 Å². The maximum Gasteiger partial charge on any atom is 0.335 e. The topological polar surface area (TPSA) is 37.3 Å². The second-order valence-electron chi connectivity index (χ2n) is 4.45. The molecular weight excluding hydrogens is 236 g/mol. The maximum absolute atomic E-state index is 11.4. The van der Waals surface area contributed by atoms with Gasteiger partial charge in [0.25, 0.3) is 0 Å². The lowest BCUT2D eigenvalue weighted by Crippen LogP contribution is -2.02. The van der Waals surface area contributed by atoms with Gasteiger partial charge in [-0.2, -0.15) is 0 Å². The Balaban J connectivity index is 2.35. The second-order valence-corrected chi connectivity index (χ2v) is 4.45. The van der Waals surface area contributed by atoms with Crippen molar-refractivity contribution in [3.63, 3.8) is 0 Å². The summed E-state index contributed by atoms with van der Waals surface area (Å²) in [6, 6.07) is 19.1. The highest BCUT2D eigenvalue weighted by Gasteiger charge is 2.12. The van der Waals surface area contributed by atoms with Gasteiger partial charge in [0, 0.05) is 5.92 Å². The number of rotatable bonds is 4. The Labute approximate surface area is 113 Å². The molecule has 0 aromatic heterocycles. The molecule has 2 rings (SSSR count). The number of aliphatic carboxylic acids is 1. The van der Waals surface area contributed by atoms with Gasteiger partial charge in [0.15, 0.2) is 0 Å². The number of carboxylic acids is 1. The zero-order chi connectivity index (χ0) is 13.7. The van der Waals surface area contributed by atoms with Gasteiger partial charge in [0.2, 0.25) is 0 Å². The molecule has 0 radical (unpaired) electrons. The van der Waals surface area contributed by atoms with Gasteiger partial charge >= 0.3 is 5.97 Å². The number of allylic oxidation sites excluding steroid dienone is 1. The van der Waals surface area contributed by atoms with E-state index < -0.39 is 5.97 Å². The van der Waals surface area contributed by atoms with Crippen molar-refractivity contribution in [3.05, 3.63) is 77.9 Å². The monoisotopic (exact) mass is 252 g/mol. The minimum Gasteiger partial charge on any atom is -0.478 e. The summed E-state index contributed by atoms with van der Waals surface area (Å²) in [6.07, 6.45) is 1.80. The second kappa shape index (κ2) is 6.01. The molecule has 2 aromatic carbocycles. The van der Waals surface area contributed by atoms with Crippen LogP contribution in [0.4, 0.5) is 0 Å². The maximum atomic E-state index is 11.4. The van der Waals surface area contributed by atoms with Gasteiger partial charge < -0.3 is 5.11 Å². The Bertz CT molecular complexity index is 571. The van der Waals surface area contributed by atoms with Crippen molar-refractivity contribution in [3.8, 4) is 0 Å². The van der Waals surface area contributed by atoms with Crippen LogP contribution in [0.1, 0.15) is 24.0 Å². The first-order valence-corrected chi connectivity index (χ1v) is 6.24. The van der Waals surface area contributed by atoms with Crippen LogP contribution in [-0.4, -0.2) is 11.1 Å². The first-order valence-electron chi connectivity index (χ1n) is 6.24. The average molecular weight is 252 g/mol. The summed E-state index contributed by atoms with van der Waals surface area (Å²) in [6.45, 7) is 2.00. The summed E-state index contributed by atoms with van der Waals surface area (Å²) in [4.78, 5) is 11.4. The van der Waals surface area contributed by atoms with E-state index in [4.69, 9.17) is 0 Å². The first-order chi connectivity index (χ1) is 9.18. The Hall–Kier alpha value is -2.35. The van der Waals surface area contributed by atoms with Crippen LogP contribution in [0.2, 0.25) is 0 Å². The van der Waals surface area contributed by atoms with Crippen molar-refractivity contribution in [1.29, 1.82) is 0 Å². The smallest absolute Gasteiger partial charge is 0.335 e. The molecule has 2 heteroatoms. The third-order valence-electron chi connectivity index (χ3n) is 3.06. The van der Waals surface area contributed by atoms with E-state index in [0.29, 0.717) is 5.57 Å². The Morgan fingerprint density at radius 3 is 2.05 bits per heavy atom. The summed E-state index contributed by atoms with van der Waals surface area (Å²) in [5.41, 5.74) is 2.19. The Morgan fingerprint density at radius 2 is 1.53 bits per heavy atom. The SMILES string of the molecule is CC(/C=C(/C(=O)O)c1ccccc1)c1ccccc1.